The molecule has 0 N–H and O–H groups in total. The second-order valence-electron chi connectivity index (χ2n) is 32.8. The van der Waals surface area contributed by atoms with Crippen molar-refractivity contribution in [3.8, 4) is 28.5 Å². The summed E-state index contributed by atoms with van der Waals surface area (Å²) in [5, 5.41) is 27.6. The van der Waals surface area contributed by atoms with Crippen molar-refractivity contribution < 1.29 is 40.7 Å². The number of benzene rings is 14. The molecule has 0 amide bonds. The second kappa shape index (κ2) is 30.1. The van der Waals surface area contributed by atoms with Crippen LogP contribution >= 0.6 is 0 Å². The topological polar surface area (TPSA) is 115 Å². The van der Waals surface area contributed by atoms with Crippen LogP contribution in [0, 0.1) is 48.5 Å². The fraction of sp³-hybridized carbons (Fsp3) is 0.128. The molecule has 15 heteroatoms. The van der Waals surface area contributed by atoms with Crippen molar-refractivity contribution in [2.45, 2.75) is 61.6 Å². The number of hydrogen-bond donors (Lipinski definition) is 0. The molecule has 0 radical (unpaired) electrons. The minimum absolute atomic E-state index is 0.260. The van der Waals surface area contributed by atoms with Gasteiger partial charge in [0.25, 0.3) is 0 Å². The number of furan rings is 5. The molecular formula is C109H92N10O5+4. The molecular weight excluding hydrogens is 1530 g/mol. The van der Waals surface area contributed by atoms with Gasteiger partial charge in [-0.05, 0) is 186 Å². The van der Waals surface area contributed by atoms with Gasteiger partial charge in [0.1, 0.15) is 50.9 Å². The molecule has 0 saturated carbocycles. The van der Waals surface area contributed by atoms with Gasteiger partial charge in [-0.3, -0.25) is 0 Å². The van der Waals surface area contributed by atoms with Crippen molar-refractivity contribution in [3.05, 3.63) is 356 Å². The largest absolute Gasteiger partial charge is 0.455 e. The third-order valence-electron chi connectivity index (χ3n) is 25.5. The summed E-state index contributed by atoms with van der Waals surface area (Å²) in [4.78, 5) is 4.52. The average molecular weight is 1620 g/mol. The first-order chi connectivity index (χ1) is 60.5. The zero-order chi connectivity index (χ0) is 84.6. The molecule has 1 atom stereocenters. The molecule has 124 heavy (non-hydrogen) atoms. The molecule has 0 bridgehead atoms. The van der Waals surface area contributed by atoms with E-state index in [0.29, 0.717) is 0 Å². The van der Waals surface area contributed by atoms with Gasteiger partial charge >= 0.3 is 5.82 Å². The molecule has 15 nitrogen and oxygen atoms in total. The molecule has 14 aromatic carbocycles. The van der Waals surface area contributed by atoms with Crippen molar-refractivity contribution in [3.63, 3.8) is 0 Å². The fourth-order valence-corrected chi connectivity index (χ4v) is 19.4. The molecule has 0 aliphatic carbocycles. The fourth-order valence-electron chi connectivity index (χ4n) is 19.4. The molecule has 0 spiro atoms. The minimum Gasteiger partial charge on any atom is -0.455 e. The maximum atomic E-state index is 6.38. The summed E-state index contributed by atoms with van der Waals surface area (Å²) in [6.07, 6.45) is 14.7. The van der Waals surface area contributed by atoms with Crippen LogP contribution in [0.2, 0.25) is 0 Å². The Hall–Kier alpha value is -15.4. The van der Waals surface area contributed by atoms with Crippen molar-refractivity contribution in [2.24, 2.45) is 28.2 Å². The molecule has 0 fully saturated rings. The summed E-state index contributed by atoms with van der Waals surface area (Å²) in [5.41, 5.74) is 24.6. The summed E-state index contributed by atoms with van der Waals surface area (Å²) in [5.74, 6) is 1.06. The molecule has 0 unspecified atom stereocenters. The highest BCUT2D eigenvalue weighted by Crippen LogP contribution is 2.48. The van der Waals surface area contributed by atoms with Crippen LogP contribution in [-0.2, 0) is 28.2 Å². The first kappa shape index (κ1) is 76.1. The van der Waals surface area contributed by atoms with Gasteiger partial charge in [-0.2, -0.15) is 0 Å². The summed E-state index contributed by atoms with van der Waals surface area (Å²) < 4.78 is 46.6. The number of fused-ring (bicyclic) bond motifs is 25. The first-order valence-corrected chi connectivity index (χ1v) is 42.3. The predicted octanol–water partition coefficient (Wildman–Crippen LogP) is 25.2. The van der Waals surface area contributed by atoms with Gasteiger partial charge in [0.2, 0.25) is 11.3 Å². The summed E-state index contributed by atoms with van der Waals surface area (Å²) in [6, 6.07) is 94.9. The van der Waals surface area contributed by atoms with E-state index in [4.69, 9.17) is 22.1 Å². The average Bonchev–Trinajstić information content (AvgIpc) is 1.57. The van der Waals surface area contributed by atoms with Gasteiger partial charge in [0, 0.05) is 96.9 Å². The number of rotatable bonds is 5. The quantitative estimate of drug-likeness (QED) is 0.157. The van der Waals surface area contributed by atoms with Crippen LogP contribution in [0.25, 0.3) is 192 Å². The van der Waals surface area contributed by atoms with Crippen molar-refractivity contribution in [2.75, 3.05) is 11.9 Å². The lowest BCUT2D eigenvalue weighted by molar-refractivity contribution is -0.744. The van der Waals surface area contributed by atoms with Gasteiger partial charge in [0.05, 0.1) is 42.6 Å². The van der Waals surface area contributed by atoms with E-state index < -0.39 is 0 Å². The normalized spacial score (nSPS) is 12.9. The van der Waals surface area contributed by atoms with E-state index in [1.54, 1.807) is 0 Å². The molecule has 1 aliphatic rings. The van der Waals surface area contributed by atoms with Gasteiger partial charge in [0.15, 0.2) is 61.7 Å². The Labute approximate surface area is 715 Å². The Kier molecular flexibility index (Phi) is 18.5. The number of nitrogens with zero attached hydrogens (tertiary/aromatic N) is 10. The summed E-state index contributed by atoms with van der Waals surface area (Å²) >= 11 is 0. The second-order valence-corrected chi connectivity index (χ2v) is 32.8. The Morgan fingerprint density at radius 1 is 0.339 bits per heavy atom. The van der Waals surface area contributed by atoms with Crippen LogP contribution in [0.5, 0.6) is 0 Å². The van der Waals surface area contributed by atoms with Crippen LogP contribution in [0.1, 0.15) is 46.1 Å². The highest BCUT2D eigenvalue weighted by Gasteiger charge is 2.32. The van der Waals surface area contributed by atoms with Gasteiger partial charge in [-0.1, -0.05) is 205 Å². The third kappa shape index (κ3) is 12.1. The highest BCUT2D eigenvalue weighted by atomic mass is 16.3. The first-order valence-electron chi connectivity index (χ1n) is 42.3. The maximum absolute atomic E-state index is 6.38. The molecule has 0 saturated heterocycles. The van der Waals surface area contributed by atoms with E-state index in [-0.39, 0.29) is 6.17 Å². The number of aryl methyl sites for hydroxylation is 11. The van der Waals surface area contributed by atoms with Crippen molar-refractivity contribution in [1.29, 1.82) is 0 Å². The van der Waals surface area contributed by atoms with Crippen LogP contribution in [0.3, 0.4) is 0 Å². The zero-order valence-electron chi connectivity index (χ0n) is 71.6. The molecule has 11 heterocycles. The standard InChI is InChI=1S/C23H19N2O.C22H20N2O.C22H19N2O.2C21H17N2O/c1-14-12-19(25(3)24-13-14)21-15(2)16-8-4-5-9-17(16)22-18-10-6-7-11-20(18)26-23(21)22;1-14-16-8-4-5-9-17(16)20-18-10-6-7-11-19(18)25-22(20)21(14)24-13-12-23(3)15(24)2;1-14-12-13-23(3)24(14)21-15(2)16-8-4-5-9-17(16)20-18-10-6-7-11-19(18)25-22(20)21;1-14-8-7-13-23(14)21-20-19(16-10-4-6-12-18(16)24-20)15-9-3-5-11-17(15)22(21)2;1-14-15-8-3-4-9-16(15)19-17-10-5-6-11-18(17)24-21(19)20(14)23-13-7-12-22(23)2/h4-13H,1-3H3;4-13,15H,1-3H3;4-13H,1-3H3;2*3-13H,1-2H3/q+1;;3*+1/t;15-;;;/m.0.../s1. The number of hydrogen-bond acceptors (Lipinski definition) is 8. The van der Waals surface area contributed by atoms with Crippen molar-refractivity contribution in [1.82, 2.24) is 23.9 Å². The Bertz CT molecular complexity index is 8270. The number of pyridine rings is 1. The Morgan fingerprint density at radius 3 is 1.18 bits per heavy atom. The molecule has 24 aromatic rings. The Morgan fingerprint density at radius 2 is 0.734 bits per heavy atom. The molecule has 1 aliphatic heterocycles. The SMILES string of the molecule is Cc1c(-n2c(C)cc[n+]2C)c2oc3ccccc3c2c2ccccc12.Cc1c(-n2ccc[n+]2C)c2oc3ccccc3c2c2ccccc12.Cc1c(N2C=CN(C)[C@@H]2C)c2oc3ccccc3c2c2ccccc12.Cc1cccn1-c1c2oc3ccccc3c2c2ccccc2[n+]1C.Cc1cn[n+](C)c(-c2c(C)c3ccccc3c3c2oc2ccccc23)c1. The lowest BCUT2D eigenvalue weighted by Crippen LogP contribution is -2.38. The van der Waals surface area contributed by atoms with Crippen molar-refractivity contribution >= 4 is 169 Å². The Balaban J connectivity index is 0.0000000950. The maximum Gasteiger partial charge on any atom is 0.330 e. The van der Waals surface area contributed by atoms with Crippen LogP contribution in [0.15, 0.2) is 338 Å². The lowest BCUT2D eigenvalue weighted by Gasteiger charge is -2.29. The third-order valence-corrected chi connectivity index (χ3v) is 25.5. The zero-order valence-corrected chi connectivity index (χ0v) is 71.6. The number of aromatic nitrogens is 8. The van der Waals surface area contributed by atoms with E-state index in [1.807, 2.05) is 91.8 Å². The number of para-hydroxylation sites is 6. The monoisotopic (exact) mass is 1620 g/mol. The smallest absolute Gasteiger partial charge is 0.330 e. The molecule has 10 aromatic heterocycles. The predicted molar refractivity (Wildman–Crippen MR) is 504 cm³/mol. The van der Waals surface area contributed by atoms with E-state index in [2.05, 4.69) is 363 Å². The summed E-state index contributed by atoms with van der Waals surface area (Å²) in [7, 11) is 10.3. The summed E-state index contributed by atoms with van der Waals surface area (Å²) in [6.45, 7) is 17.3. The van der Waals surface area contributed by atoms with E-state index >= 15 is 0 Å². The van der Waals surface area contributed by atoms with Gasteiger partial charge in [-0.15, -0.1) is 18.7 Å². The lowest BCUT2D eigenvalue weighted by atomic mass is 9.93. The van der Waals surface area contributed by atoms with E-state index in [9.17, 15) is 0 Å². The van der Waals surface area contributed by atoms with Crippen LogP contribution in [0.4, 0.5) is 5.69 Å². The van der Waals surface area contributed by atoms with Gasteiger partial charge < -0.3 is 31.9 Å². The molecule has 604 valence electrons. The van der Waals surface area contributed by atoms with Crippen LogP contribution < -0.4 is 23.5 Å². The van der Waals surface area contributed by atoms with Crippen LogP contribution in [-0.4, -0.2) is 37.1 Å². The minimum atomic E-state index is 0.260. The highest BCUT2D eigenvalue weighted by molar-refractivity contribution is 6.27. The number of anilines is 1. The van der Waals surface area contributed by atoms with Gasteiger partial charge in [-0.25, -0.2) is 9.13 Å². The molecule has 25 rings (SSSR count). The van der Waals surface area contributed by atoms with E-state index in [1.165, 1.54) is 131 Å². The van der Waals surface area contributed by atoms with E-state index in [0.717, 1.165) is 106 Å².